The molecule has 0 unspecified atom stereocenters. The fraction of sp³-hybridized carbons (Fsp3) is 0.400. The molecule has 0 fully saturated rings. The first-order chi connectivity index (χ1) is 8.62. The highest BCUT2D eigenvalue weighted by atomic mass is 35.5. The summed E-state index contributed by atoms with van der Waals surface area (Å²) >= 11 is 5.72. The predicted octanol–water partition coefficient (Wildman–Crippen LogP) is 0.635. The molecule has 0 aromatic heterocycles. The zero-order valence-electron chi connectivity index (χ0n) is 10.3. The molecule has 9 heteroatoms. The Balaban J connectivity index is 2.74. The highest BCUT2D eigenvalue weighted by molar-refractivity contribution is 7.90. The van der Waals surface area contributed by atoms with Crippen LogP contribution in [-0.4, -0.2) is 35.4 Å². The number of hydrogen-bond donors (Lipinski definition) is 2. The van der Waals surface area contributed by atoms with E-state index < -0.39 is 19.9 Å². The van der Waals surface area contributed by atoms with Gasteiger partial charge in [-0.15, -0.1) is 0 Å². The smallest absolute Gasteiger partial charge is 0.242 e. The number of benzene rings is 1. The van der Waals surface area contributed by atoms with Crippen LogP contribution in [0.2, 0.25) is 5.02 Å². The summed E-state index contributed by atoms with van der Waals surface area (Å²) in [5, 5.41) is 0.255. The van der Waals surface area contributed by atoms with Gasteiger partial charge in [-0.2, -0.15) is 0 Å². The fourth-order valence-corrected chi connectivity index (χ4v) is 3.49. The Morgan fingerprint density at radius 1 is 1.26 bits per heavy atom. The van der Waals surface area contributed by atoms with Gasteiger partial charge in [-0.05, 0) is 24.6 Å². The van der Waals surface area contributed by atoms with Crippen molar-refractivity contribution in [1.29, 1.82) is 0 Å². The Labute approximate surface area is 117 Å². The van der Waals surface area contributed by atoms with Gasteiger partial charge in [0.2, 0.25) is 10.0 Å². The molecule has 0 aliphatic heterocycles. The summed E-state index contributed by atoms with van der Waals surface area (Å²) in [6.07, 6.45) is 1.29. The third kappa shape index (κ3) is 5.35. The van der Waals surface area contributed by atoms with Gasteiger partial charge in [0, 0.05) is 17.8 Å². The molecule has 0 bridgehead atoms. The molecular formula is C10H15ClN2O4S2. The van der Waals surface area contributed by atoms with Gasteiger partial charge in [0.05, 0.1) is 11.4 Å². The van der Waals surface area contributed by atoms with Gasteiger partial charge in [0.25, 0.3) is 0 Å². The highest BCUT2D eigenvalue weighted by Crippen LogP contribution is 2.22. The number of hydrogen-bond acceptors (Lipinski definition) is 5. The summed E-state index contributed by atoms with van der Waals surface area (Å²) in [6, 6.07) is 4.13. The zero-order valence-corrected chi connectivity index (χ0v) is 12.6. The van der Waals surface area contributed by atoms with Gasteiger partial charge >= 0.3 is 0 Å². The molecule has 0 saturated heterocycles. The van der Waals surface area contributed by atoms with Crippen molar-refractivity contribution in [2.24, 2.45) is 0 Å². The van der Waals surface area contributed by atoms with E-state index >= 15 is 0 Å². The van der Waals surface area contributed by atoms with E-state index in [1.54, 1.807) is 0 Å². The maximum Gasteiger partial charge on any atom is 0.242 e. The molecule has 0 atom stereocenters. The average molecular weight is 327 g/mol. The van der Waals surface area contributed by atoms with E-state index in [4.69, 9.17) is 17.3 Å². The Morgan fingerprint density at radius 2 is 1.89 bits per heavy atom. The quantitative estimate of drug-likeness (QED) is 0.589. The van der Waals surface area contributed by atoms with Crippen molar-refractivity contribution in [3.63, 3.8) is 0 Å². The maximum atomic E-state index is 11.9. The molecule has 0 amide bonds. The summed E-state index contributed by atoms with van der Waals surface area (Å²) in [7, 11) is -6.89. The van der Waals surface area contributed by atoms with Gasteiger partial charge in [0.1, 0.15) is 14.7 Å². The Hall–Kier alpha value is -0.830. The van der Waals surface area contributed by atoms with Crippen LogP contribution in [0.1, 0.15) is 6.42 Å². The van der Waals surface area contributed by atoms with E-state index in [0.29, 0.717) is 0 Å². The first-order valence-corrected chi connectivity index (χ1v) is 9.26. The van der Waals surface area contributed by atoms with Crippen molar-refractivity contribution in [3.05, 3.63) is 23.2 Å². The van der Waals surface area contributed by atoms with Gasteiger partial charge in [-0.3, -0.25) is 0 Å². The lowest BCUT2D eigenvalue weighted by atomic mass is 10.3. The summed E-state index contributed by atoms with van der Waals surface area (Å²) in [5.41, 5.74) is 5.66. The van der Waals surface area contributed by atoms with Crippen molar-refractivity contribution in [3.8, 4) is 0 Å². The second-order valence-corrected chi connectivity index (χ2v) is 8.49. The number of halogens is 1. The Kier molecular flexibility index (Phi) is 5.19. The molecule has 1 aromatic rings. The number of nitrogen functional groups attached to an aromatic ring is 1. The van der Waals surface area contributed by atoms with Gasteiger partial charge < -0.3 is 5.73 Å². The number of sulfone groups is 1. The molecule has 19 heavy (non-hydrogen) atoms. The van der Waals surface area contributed by atoms with Crippen LogP contribution in [0.4, 0.5) is 5.69 Å². The molecule has 0 saturated carbocycles. The molecule has 1 aromatic carbocycles. The lowest BCUT2D eigenvalue weighted by molar-refractivity contribution is 0.577. The van der Waals surface area contributed by atoms with Crippen LogP contribution in [0, 0.1) is 0 Å². The summed E-state index contributed by atoms with van der Waals surface area (Å²) < 4.78 is 48.0. The molecule has 3 N–H and O–H groups in total. The molecular weight excluding hydrogens is 312 g/mol. The fourth-order valence-electron chi connectivity index (χ4n) is 1.36. The number of sulfonamides is 1. The van der Waals surface area contributed by atoms with Crippen molar-refractivity contribution < 1.29 is 16.8 Å². The van der Waals surface area contributed by atoms with Crippen LogP contribution in [0.15, 0.2) is 23.1 Å². The largest absolute Gasteiger partial charge is 0.398 e. The summed E-state index contributed by atoms with van der Waals surface area (Å²) in [4.78, 5) is -0.112. The van der Waals surface area contributed by atoms with Crippen LogP contribution < -0.4 is 10.5 Å². The topological polar surface area (TPSA) is 106 Å². The minimum atomic E-state index is -3.79. The molecule has 0 radical (unpaired) electrons. The molecule has 0 aliphatic carbocycles. The molecule has 0 heterocycles. The summed E-state index contributed by atoms with van der Waals surface area (Å²) in [6.45, 7) is 0.0152. The third-order valence-corrected chi connectivity index (χ3v) is 5.03. The number of nitrogens with two attached hydrogens (primary N) is 1. The minimum Gasteiger partial charge on any atom is -0.398 e. The molecule has 6 nitrogen and oxygen atoms in total. The number of anilines is 1. The monoisotopic (exact) mass is 326 g/mol. The summed E-state index contributed by atoms with van der Waals surface area (Å²) in [5.74, 6) is -0.0828. The predicted molar refractivity (Wildman–Crippen MR) is 75.4 cm³/mol. The van der Waals surface area contributed by atoms with Gasteiger partial charge in [-0.1, -0.05) is 11.6 Å². The highest BCUT2D eigenvalue weighted by Gasteiger charge is 2.17. The van der Waals surface area contributed by atoms with Crippen LogP contribution in [0.3, 0.4) is 0 Å². The number of rotatable bonds is 6. The van der Waals surface area contributed by atoms with Crippen LogP contribution >= 0.6 is 11.6 Å². The first kappa shape index (κ1) is 16.2. The van der Waals surface area contributed by atoms with E-state index in [1.807, 2.05) is 0 Å². The van der Waals surface area contributed by atoms with Crippen molar-refractivity contribution >= 4 is 37.1 Å². The zero-order chi connectivity index (χ0) is 14.7. The number of nitrogens with one attached hydrogen (secondary N) is 1. The van der Waals surface area contributed by atoms with Crippen LogP contribution in [0.5, 0.6) is 0 Å². The van der Waals surface area contributed by atoms with Crippen molar-refractivity contribution in [1.82, 2.24) is 4.72 Å². The van der Waals surface area contributed by atoms with Crippen molar-refractivity contribution in [2.45, 2.75) is 11.3 Å². The lowest BCUT2D eigenvalue weighted by Gasteiger charge is -2.09. The second kappa shape index (κ2) is 6.08. The normalized spacial score (nSPS) is 12.5. The van der Waals surface area contributed by atoms with Crippen LogP contribution in [0.25, 0.3) is 0 Å². The van der Waals surface area contributed by atoms with E-state index in [9.17, 15) is 16.8 Å². The van der Waals surface area contributed by atoms with Crippen LogP contribution in [-0.2, 0) is 19.9 Å². The first-order valence-electron chi connectivity index (χ1n) is 5.34. The third-order valence-electron chi connectivity index (χ3n) is 2.25. The van der Waals surface area contributed by atoms with E-state index in [2.05, 4.69) is 4.72 Å². The molecule has 108 valence electrons. The van der Waals surface area contributed by atoms with E-state index in [-0.39, 0.29) is 34.3 Å². The standard InChI is InChI=1S/C10H15ClN2O4S2/c1-18(14,15)6-2-5-13-19(16,17)10-7-8(11)3-4-9(10)12/h3-4,7,13H,2,5-6,12H2,1H3. The Bertz CT molecular complexity index is 656. The molecule has 1 rings (SSSR count). The van der Waals surface area contributed by atoms with E-state index in [1.165, 1.54) is 18.2 Å². The average Bonchev–Trinajstić information content (AvgIpc) is 2.26. The molecule has 0 spiro atoms. The van der Waals surface area contributed by atoms with Gasteiger partial charge in [-0.25, -0.2) is 21.6 Å². The SMILES string of the molecule is CS(=O)(=O)CCCNS(=O)(=O)c1cc(Cl)ccc1N. The lowest BCUT2D eigenvalue weighted by Crippen LogP contribution is -2.26. The minimum absolute atomic E-state index is 0.0152. The van der Waals surface area contributed by atoms with Gasteiger partial charge in [0.15, 0.2) is 0 Å². The second-order valence-electron chi connectivity index (χ2n) is 4.06. The maximum absolute atomic E-state index is 11.9. The van der Waals surface area contributed by atoms with E-state index in [0.717, 1.165) is 6.26 Å². The Morgan fingerprint density at radius 3 is 2.47 bits per heavy atom. The molecule has 0 aliphatic rings. The van der Waals surface area contributed by atoms with Crippen molar-refractivity contribution in [2.75, 3.05) is 24.3 Å².